The summed E-state index contributed by atoms with van der Waals surface area (Å²) < 4.78 is 19.4. The molecule has 2 fully saturated rings. The van der Waals surface area contributed by atoms with Crippen molar-refractivity contribution in [1.29, 1.82) is 0 Å². The van der Waals surface area contributed by atoms with Crippen LogP contribution in [0.4, 0.5) is 16.3 Å². The van der Waals surface area contributed by atoms with E-state index in [1.165, 1.54) is 0 Å². The predicted molar refractivity (Wildman–Crippen MR) is 179 cm³/mol. The summed E-state index contributed by atoms with van der Waals surface area (Å²) in [4.78, 5) is 38.8. The van der Waals surface area contributed by atoms with Gasteiger partial charge in [0.15, 0.2) is 0 Å². The van der Waals surface area contributed by atoms with Gasteiger partial charge < -0.3 is 33.9 Å². The normalized spacial score (nSPS) is 16.7. The maximum absolute atomic E-state index is 13.1. The van der Waals surface area contributed by atoms with Gasteiger partial charge in [-0.3, -0.25) is 4.79 Å². The lowest BCUT2D eigenvalue weighted by atomic mass is 9.96. The molecule has 45 heavy (non-hydrogen) atoms. The lowest BCUT2D eigenvalue weighted by molar-refractivity contribution is -0.121. The molecule has 5 rings (SSSR count). The molecule has 2 aliphatic heterocycles. The Hall–Kier alpha value is -3.48. The van der Waals surface area contributed by atoms with Crippen LogP contribution >= 0.6 is 0 Å². The van der Waals surface area contributed by atoms with Gasteiger partial charge >= 0.3 is 6.09 Å². The van der Waals surface area contributed by atoms with Crippen LogP contribution in [0.25, 0.3) is 22.3 Å². The van der Waals surface area contributed by atoms with E-state index in [2.05, 4.69) is 50.5 Å². The van der Waals surface area contributed by atoms with Gasteiger partial charge in [0, 0.05) is 52.5 Å². The lowest BCUT2D eigenvalue weighted by Crippen LogP contribution is -2.43. The fourth-order valence-corrected chi connectivity index (χ4v) is 6.36. The highest BCUT2D eigenvalue weighted by atomic mass is 28.3. The zero-order chi connectivity index (χ0) is 32.2. The molecule has 2 aliphatic rings. The summed E-state index contributed by atoms with van der Waals surface area (Å²) in [5, 5.41) is 4.06. The van der Waals surface area contributed by atoms with Crippen molar-refractivity contribution in [2.75, 3.05) is 56.2 Å². The molecule has 0 aliphatic carbocycles. The van der Waals surface area contributed by atoms with E-state index in [9.17, 15) is 9.59 Å². The summed E-state index contributed by atoms with van der Waals surface area (Å²) in [6.45, 7) is 17.7. The van der Waals surface area contributed by atoms with Gasteiger partial charge in [0.05, 0.1) is 24.3 Å². The van der Waals surface area contributed by atoms with Gasteiger partial charge in [-0.2, -0.15) is 0 Å². The molecule has 12 heteroatoms. The second-order valence-electron chi connectivity index (χ2n) is 14.1. The minimum atomic E-state index is -1.23. The van der Waals surface area contributed by atoms with Crippen molar-refractivity contribution in [3.63, 3.8) is 0 Å². The Morgan fingerprint density at radius 2 is 1.71 bits per heavy atom. The van der Waals surface area contributed by atoms with Crippen LogP contribution in [0.2, 0.25) is 25.7 Å². The number of anilines is 2. The molecule has 4 heterocycles. The average Bonchev–Trinajstić information content (AvgIpc) is 3.37. The molecule has 3 aromatic rings. The van der Waals surface area contributed by atoms with Crippen LogP contribution in [0, 0.1) is 5.92 Å². The molecule has 0 unspecified atom stereocenters. The van der Waals surface area contributed by atoms with Crippen molar-refractivity contribution in [3.05, 3.63) is 36.7 Å². The van der Waals surface area contributed by atoms with Crippen LogP contribution in [0.3, 0.4) is 0 Å². The van der Waals surface area contributed by atoms with E-state index < -0.39 is 13.7 Å². The van der Waals surface area contributed by atoms with Crippen LogP contribution < -0.4 is 10.2 Å². The first-order valence-corrected chi connectivity index (χ1v) is 19.7. The molecule has 0 atom stereocenters. The molecule has 0 bridgehead atoms. The maximum atomic E-state index is 13.1. The predicted octanol–water partition coefficient (Wildman–Crippen LogP) is 5.83. The Morgan fingerprint density at radius 1 is 1.02 bits per heavy atom. The summed E-state index contributed by atoms with van der Waals surface area (Å²) in [6.07, 6.45) is 2.52. The van der Waals surface area contributed by atoms with E-state index in [1.54, 1.807) is 11.2 Å². The van der Waals surface area contributed by atoms with Gasteiger partial charge in [0.25, 0.3) is 0 Å². The van der Waals surface area contributed by atoms with Crippen molar-refractivity contribution in [2.45, 2.75) is 71.6 Å². The minimum Gasteiger partial charge on any atom is -0.444 e. The van der Waals surface area contributed by atoms with Gasteiger partial charge in [-0.05, 0) is 63.4 Å². The third-order valence-corrected chi connectivity index (χ3v) is 9.87. The van der Waals surface area contributed by atoms with E-state index in [-0.39, 0.29) is 17.9 Å². The highest BCUT2D eigenvalue weighted by Crippen LogP contribution is 2.33. The number of hydrogen-bond acceptors (Lipinski definition) is 8. The monoisotopic (exact) mass is 636 g/mol. The minimum absolute atomic E-state index is 0.0260. The van der Waals surface area contributed by atoms with Crippen molar-refractivity contribution in [3.8, 4) is 11.3 Å². The molecular formula is C33H48N6O5Si. The number of aromatic nitrogens is 3. The number of nitrogens with zero attached hydrogens (tertiary/aromatic N) is 5. The quantitative estimate of drug-likeness (QED) is 0.231. The van der Waals surface area contributed by atoms with E-state index in [4.69, 9.17) is 14.2 Å². The number of nitrogens with one attached hydrogen (secondary N) is 1. The number of morpholine rings is 1. The number of carbonyl (C=O) groups excluding carboxylic acids is 2. The Bertz CT molecular complexity index is 1470. The number of benzene rings is 1. The average molecular weight is 637 g/mol. The molecular weight excluding hydrogens is 588 g/mol. The molecule has 0 radical (unpaired) electrons. The van der Waals surface area contributed by atoms with Crippen molar-refractivity contribution in [1.82, 2.24) is 19.4 Å². The first-order valence-electron chi connectivity index (χ1n) is 16.0. The Kier molecular flexibility index (Phi) is 10.1. The topological polar surface area (TPSA) is 111 Å². The van der Waals surface area contributed by atoms with E-state index in [1.807, 2.05) is 45.0 Å². The molecule has 2 saturated heterocycles. The van der Waals surface area contributed by atoms with Gasteiger partial charge in [-0.1, -0.05) is 31.8 Å². The Labute approximate surface area is 267 Å². The van der Waals surface area contributed by atoms with Crippen LogP contribution in [0.5, 0.6) is 0 Å². The lowest BCUT2D eigenvalue weighted by Gasteiger charge is -2.32. The zero-order valence-electron chi connectivity index (χ0n) is 27.6. The van der Waals surface area contributed by atoms with Gasteiger partial charge in [-0.15, -0.1) is 0 Å². The number of piperidine rings is 1. The van der Waals surface area contributed by atoms with E-state index in [0.29, 0.717) is 52.5 Å². The molecule has 1 N–H and O–H groups in total. The third kappa shape index (κ3) is 8.62. The van der Waals surface area contributed by atoms with Crippen molar-refractivity contribution >= 4 is 42.6 Å². The van der Waals surface area contributed by atoms with Crippen LogP contribution in [-0.2, 0) is 25.7 Å². The summed E-state index contributed by atoms with van der Waals surface area (Å²) >= 11 is 0. The van der Waals surface area contributed by atoms with Crippen LogP contribution in [0.15, 0.2) is 36.7 Å². The van der Waals surface area contributed by atoms with Gasteiger partial charge in [0.2, 0.25) is 5.91 Å². The molecule has 11 nitrogen and oxygen atoms in total. The van der Waals surface area contributed by atoms with E-state index in [0.717, 1.165) is 52.9 Å². The van der Waals surface area contributed by atoms with Gasteiger partial charge in [0.1, 0.15) is 30.1 Å². The maximum Gasteiger partial charge on any atom is 0.410 e. The molecule has 244 valence electrons. The summed E-state index contributed by atoms with van der Waals surface area (Å²) in [5.41, 5.74) is 3.02. The first-order chi connectivity index (χ1) is 21.4. The van der Waals surface area contributed by atoms with Crippen LogP contribution in [0.1, 0.15) is 33.6 Å². The fourth-order valence-electron chi connectivity index (χ4n) is 5.60. The smallest absolute Gasteiger partial charge is 0.410 e. The number of rotatable bonds is 9. The number of likely N-dealkylation sites (tertiary alicyclic amines) is 1. The third-order valence-electron chi connectivity index (χ3n) is 8.16. The van der Waals surface area contributed by atoms with E-state index >= 15 is 0 Å². The highest BCUT2D eigenvalue weighted by Gasteiger charge is 2.30. The fraction of sp³-hybridized carbons (Fsp3) is 0.576. The highest BCUT2D eigenvalue weighted by molar-refractivity contribution is 6.76. The second-order valence-corrected chi connectivity index (χ2v) is 19.8. The van der Waals surface area contributed by atoms with Gasteiger partial charge in [-0.25, -0.2) is 14.8 Å². The standard InChI is InChI=1S/C33H48N6O5Si/c1-33(2,3)44-32(41)38-13-11-25(12-14-38)31(40)36-26-9-7-24(8-10-26)28-21-27-29(37-15-17-42-18-16-37)34-22-35-30(27)39(28)23-43-19-20-45(4,5)6/h7-10,21-22,25H,11-20,23H2,1-6H3,(H,36,40). The zero-order valence-corrected chi connectivity index (χ0v) is 28.6. The number of amides is 2. The Balaban J connectivity index is 1.30. The van der Waals surface area contributed by atoms with Crippen molar-refractivity contribution in [2.24, 2.45) is 5.92 Å². The second kappa shape index (κ2) is 13.9. The largest absolute Gasteiger partial charge is 0.444 e. The number of fused-ring (bicyclic) bond motifs is 1. The molecule has 0 saturated carbocycles. The number of carbonyl (C=O) groups is 2. The first kappa shape index (κ1) is 32.9. The summed E-state index contributed by atoms with van der Waals surface area (Å²) in [6, 6.07) is 11.2. The Morgan fingerprint density at radius 3 is 2.36 bits per heavy atom. The SMILES string of the molecule is CC(C)(C)OC(=O)N1CCC(C(=O)Nc2ccc(-c3cc4c(N5CCOCC5)ncnc4n3COCC[Si](C)(C)C)cc2)CC1. The number of ether oxygens (including phenoxy) is 3. The van der Waals surface area contributed by atoms with Crippen LogP contribution in [-0.4, -0.2) is 91.1 Å². The summed E-state index contributed by atoms with van der Waals surface area (Å²) in [7, 11) is -1.23. The molecule has 2 aromatic heterocycles. The molecule has 2 amide bonds. The number of hydrogen-bond donors (Lipinski definition) is 1. The molecule has 1 aromatic carbocycles. The van der Waals surface area contributed by atoms with Crippen molar-refractivity contribution < 1.29 is 23.8 Å². The summed E-state index contributed by atoms with van der Waals surface area (Å²) in [5.74, 6) is 0.727. The molecule has 0 spiro atoms.